The van der Waals surface area contributed by atoms with E-state index in [9.17, 15) is 9.59 Å². The first-order valence-corrected chi connectivity index (χ1v) is 7.47. The second-order valence-corrected chi connectivity index (χ2v) is 6.53. The van der Waals surface area contributed by atoms with Gasteiger partial charge >= 0.3 is 5.69 Å². The third-order valence-electron chi connectivity index (χ3n) is 2.80. The van der Waals surface area contributed by atoms with Crippen molar-refractivity contribution in [1.29, 1.82) is 0 Å². The van der Waals surface area contributed by atoms with E-state index < -0.39 is 11.2 Å². The van der Waals surface area contributed by atoms with Gasteiger partial charge < -0.3 is 11.1 Å². The molecule has 0 saturated carbocycles. The molecule has 8 heteroatoms. The maximum absolute atomic E-state index is 12.0. The monoisotopic (exact) mass is 309 g/mol. The van der Waals surface area contributed by atoms with Gasteiger partial charge in [0.15, 0.2) is 5.13 Å². The lowest BCUT2D eigenvalue weighted by Gasteiger charge is -2.19. The number of aromatic nitrogens is 3. The Hall–Kier alpha value is -2.09. The van der Waals surface area contributed by atoms with Crippen molar-refractivity contribution in [2.75, 3.05) is 11.1 Å². The van der Waals surface area contributed by atoms with Gasteiger partial charge in [-0.25, -0.2) is 9.78 Å². The second kappa shape index (κ2) is 5.36. The van der Waals surface area contributed by atoms with E-state index >= 15 is 0 Å². The van der Waals surface area contributed by atoms with E-state index in [1.807, 2.05) is 20.8 Å². The van der Waals surface area contributed by atoms with Gasteiger partial charge in [0.2, 0.25) is 0 Å². The summed E-state index contributed by atoms with van der Waals surface area (Å²) in [5.41, 5.74) is 5.49. The molecule has 0 spiro atoms. The topological polar surface area (TPSA) is 106 Å². The second-order valence-electron chi connectivity index (χ2n) is 5.68. The molecule has 0 aliphatic carbocycles. The molecule has 0 amide bonds. The van der Waals surface area contributed by atoms with Gasteiger partial charge in [0.05, 0.1) is 5.69 Å². The zero-order valence-corrected chi connectivity index (χ0v) is 13.3. The molecule has 0 aliphatic heterocycles. The fraction of sp³-hybridized carbons (Fsp3) is 0.462. The summed E-state index contributed by atoms with van der Waals surface area (Å²) < 4.78 is 1.31. The number of anilines is 2. The molecule has 0 aliphatic rings. The number of nitrogen functional groups attached to an aromatic ring is 1. The van der Waals surface area contributed by atoms with Crippen LogP contribution in [-0.4, -0.2) is 20.1 Å². The van der Waals surface area contributed by atoms with Crippen molar-refractivity contribution in [2.24, 2.45) is 0 Å². The summed E-state index contributed by atoms with van der Waals surface area (Å²) in [5, 5.41) is 5.69. The summed E-state index contributed by atoms with van der Waals surface area (Å²) in [6, 6.07) is 0. The predicted octanol–water partition coefficient (Wildman–Crippen LogP) is 1.47. The Morgan fingerprint density at radius 1 is 1.43 bits per heavy atom. The van der Waals surface area contributed by atoms with Crippen LogP contribution in [0.2, 0.25) is 0 Å². The Morgan fingerprint density at radius 3 is 2.67 bits per heavy atom. The molecule has 0 saturated heterocycles. The molecular weight excluding hydrogens is 290 g/mol. The third-order valence-corrected chi connectivity index (χ3v) is 3.56. The van der Waals surface area contributed by atoms with Crippen LogP contribution in [-0.2, 0) is 6.54 Å². The van der Waals surface area contributed by atoms with Crippen LogP contribution >= 0.6 is 11.3 Å². The quantitative estimate of drug-likeness (QED) is 0.796. The smallest absolute Gasteiger partial charge is 0.329 e. The Morgan fingerprint density at radius 2 is 2.10 bits per heavy atom. The number of H-pyrrole nitrogens is 1. The van der Waals surface area contributed by atoms with Crippen LogP contribution in [0.3, 0.4) is 0 Å². The molecule has 7 nitrogen and oxygen atoms in total. The minimum Gasteiger partial charge on any atom is -0.384 e. The lowest BCUT2D eigenvalue weighted by atomic mass is 10.1. The van der Waals surface area contributed by atoms with Crippen molar-refractivity contribution in [3.63, 3.8) is 0 Å². The van der Waals surface area contributed by atoms with Crippen LogP contribution < -0.4 is 22.3 Å². The van der Waals surface area contributed by atoms with Gasteiger partial charge in [-0.3, -0.25) is 14.3 Å². The van der Waals surface area contributed by atoms with Crippen molar-refractivity contribution in [1.82, 2.24) is 14.5 Å². The molecule has 4 N–H and O–H groups in total. The highest BCUT2D eigenvalue weighted by molar-refractivity contribution is 7.14. The molecule has 2 heterocycles. The van der Waals surface area contributed by atoms with E-state index in [0.717, 1.165) is 0 Å². The van der Waals surface area contributed by atoms with Gasteiger partial charge in [0.1, 0.15) is 11.4 Å². The lowest BCUT2D eigenvalue weighted by molar-refractivity contribution is 0.633. The zero-order valence-electron chi connectivity index (χ0n) is 12.5. The van der Waals surface area contributed by atoms with Crippen LogP contribution in [0.25, 0.3) is 11.3 Å². The first kappa shape index (κ1) is 15.3. The lowest BCUT2D eigenvalue weighted by Crippen LogP contribution is -2.33. The predicted molar refractivity (Wildman–Crippen MR) is 85.9 cm³/mol. The average Bonchev–Trinajstić information content (AvgIpc) is 2.74. The highest BCUT2D eigenvalue weighted by Gasteiger charge is 2.18. The third kappa shape index (κ3) is 3.15. The van der Waals surface area contributed by atoms with Crippen LogP contribution in [0, 0.1) is 0 Å². The maximum Gasteiger partial charge on any atom is 0.329 e. The highest BCUT2D eigenvalue weighted by Crippen LogP contribution is 2.27. The SMILES string of the molecule is CCn1c(N)c(-c2csc(NC(C)(C)C)n2)c(=O)[nH]c1=O. The number of hydrogen-bond donors (Lipinski definition) is 3. The highest BCUT2D eigenvalue weighted by atomic mass is 32.1. The Kier molecular flexibility index (Phi) is 3.91. The fourth-order valence-electron chi connectivity index (χ4n) is 1.92. The van der Waals surface area contributed by atoms with Crippen molar-refractivity contribution in [2.45, 2.75) is 39.8 Å². The molecule has 114 valence electrons. The number of rotatable bonds is 3. The summed E-state index contributed by atoms with van der Waals surface area (Å²) in [4.78, 5) is 30.3. The zero-order chi connectivity index (χ0) is 15.8. The normalized spacial score (nSPS) is 11.6. The standard InChI is InChI=1S/C13H19N5O2S/c1-5-18-9(14)8(10(19)16-12(18)20)7-6-21-11(15-7)17-13(2,3)4/h6H,5,14H2,1-4H3,(H,15,17)(H,16,19,20). The van der Waals surface area contributed by atoms with Crippen molar-refractivity contribution < 1.29 is 0 Å². The molecule has 0 unspecified atom stereocenters. The molecule has 2 aromatic heterocycles. The molecule has 21 heavy (non-hydrogen) atoms. The molecule has 0 atom stereocenters. The molecule has 2 rings (SSSR count). The first-order valence-electron chi connectivity index (χ1n) is 6.59. The van der Waals surface area contributed by atoms with E-state index in [0.29, 0.717) is 17.4 Å². The molecule has 0 bridgehead atoms. The number of hydrogen-bond acceptors (Lipinski definition) is 6. The van der Waals surface area contributed by atoms with E-state index in [2.05, 4.69) is 15.3 Å². The van der Waals surface area contributed by atoms with Crippen LogP contribution in [0.5, 0.6) is 0 Å². The molecule has 0 fully saturated rings. The van der Waals surface area contributed by atoms with E-state index in [1.165, 1.54) is 15.9 Å². The summed E-state index contributed by atoms with van der Waals surface area (Å²) >= 11 is 1.39. The Labute approximate surface area is 125 Å². The van der Waals surface area contributed by atoms with Gasteiger partial charge in [-0.15, -0.1) is 11.3 Å². The van der Waals surface area contributed by atoms with Gasteiger partial charge in [-0.2, -0.15) is 0 Å². The van der Waals surface area contributed by atoms with E-state index in [4.69, 9.17) is 5.73 Å². The maximum atomic E-state index is 12.0. The number of nitrogens with zero attached hydrogens (tertiary/aromatic N) is 2. The summed E-state index contributed by atoms with van der Waals surface area (Å²) in [5.74, 6) is 0.138. The fourth-order valence-corrected chi connectivity index (χ4v) is 2.83. The number of thiazole rings is 1. The minimum absolute atomic E-state index is 0.130. The van der Waals surface area contributed by atoms with E-state index in [1.54, 1.807) is 12.3 Å². The van der Waals surface area contributed by atoms with Gasteiger partial charge in [0, 0.05) is 17.5 Å². The largest absolute Gasteiger partial charge is 0.384 e. The minimum atomic E-state index is -0.519. The van der Waals surface area contributed by atoms with Crippen molar-refractivity contribution >= 4 is 22.3 Å². The van der Waals surface area contributed by atoms with Crippen LogP contribution in [0.4, 0.5) is 10.9 Å². The number of nitrogens with one attached hydrogen (secondary N) is 2. The van der Waals surface area contributed by atoms with Crippen molar-refractivity contribution in [3.05, 3.63) is 26.2 Å². The summed E-state index contributed by atoms with van der Waals surface area (Å²) in [6.07, 6.45) is 0. The average molecular weight is 309 g/mol. The van der Waals surface area contributed by atoms with Gasteiger partial charge in [-0.05, 0) is 27.7 Å². The van der Waals surface area contributed by atoms with Crippen molar-refractivity contribution in [3.8, 4) is 11.3 Å². The Balaban J connectivity index is 2.53. The molecular formula is C13H19N5O2S. The summed E-state index contributed by atoms with van der Waals surface area (Å²) in [7, 11) is 0. The first-order chi connectivity index (χ1) is 9.73. The van der Waals surface area contributed by atoms with Gasteiger partial charge in [0.25, 0.3) is 5.56 Å². The number of nitrogens with two attached hydrogens (primary N) is 1. The van der Waals surface area contributed by atoms with Gasteiger partial charge in [-0.1, -0.05) is 0 Å². The number of aromatic amines is 1. The molecule has 0 radical (unpaired) electrons. The summed E-state index contributed by atoms with van der Waals surface area (Å²) in [6.45, 7) is 8.23. The van der Waals surface area contributed by atoms with Crippen LogP contribution in [0.15, 0.2) is 15.0 Å². The molecule has 0 aromatic carbocycles. The van der Waals surface area contributed by atoms with Crippen LogP contribution in [0.1, 0.15) is 27.7 Å². The molecule has 2 aromatic rings. The Bertz CT molecular complexity index is 766. The van der Waals surface area contributed by atoms with E-state index in [-0.39, 0.29) is 16.9 Å².